The highest BCUT2D eigenvalue weighted by atomic mass is 16.5. The maximum atomic E-state index is 12.1. The topological polar surface area (TPSA) is 67.2 Å². The molecule has 1 aromatic heterocycles. The Balaban J connectivity index is 1.55. The summed E-state index contributed by atoms with van der Waals surface area (Å²) in [5, 5.41) is 10.2. The van der Waals surface area contributed by atoms with Crippen molar-refractivity contribution >= 4 is 5.91 Å². The van der Waals surface area contributed by atoms with E-state index < -0.39 is 0 Å². The van der Waals surface area contributed by atoms with E-state index in [1.54, 1.807) is 6.07 Å². The van der Waals surface area contributed by atoms with E-state index in [2.05, 4.69) is 15.8 Å². The van der Waals surface area contributed by atoms with E-state index in [9.17, 15) is 4.79 Å². The first-order chi connectivity index (χ1) is 10.7. The molecule has 116 valence electrons. The molecule has 2 aromatic rings. The number of carbonyl (C=O) groups is 1. The molecule has 1 unspecified atom stereocenters. The minimum atomic E-state index is -0.197. The predicted octanol–water partition coefficient (Wildman–Crippen LogP) is 2.38. The van der Waals surface area contributed by atoms with Gasteiger partial charge in [-0.15, -0.1) is 0 Å². The molecule has 5 heteroatoms. The van der Waals surface area contributed by atoms with Gasteiger partial charge in [-0.3, -0.25) is 4.79 Å². The number of nitrogens with one attached hydrogen (secondary N) is 2. The van der Waals surface area contributed by atoms with Gasteiger partial charge in [-0.2, -0.15) is 0 Å². The summed E-state index contributed by atoms with van der Waals surface area (Å²) in [4.78, 5) is 12.1. The number of rotatable bonds is 5. The van der Waals surface area contributed by atoms with Gasteiger partial charge in [0.1, 0.15) is 5.69 Å². The molecule has 2 N–H and O–H groups in total. The molecular weight excluding hydrogens is 278 g/mol. The summed E-state index contributed by atoms with van der Waals surface area (Å²) in [5.74, 6) is 0.732. The zero-order valence-corrected chi connectivity index (χ0v) is 12.8. The fraction of sp³-hybridized carbons (Fsp3) is 0.412. The lowest BCUT2D eigenvalue weighted by Crippen LogP contribution is -2.26. The van der Waals surface area contributed by atoms with Crippen LogP contribution in [0.4, 0.5) is 0 Å². The van der Waals surface area contributed by atoms with Crippen molar-refractivity contribution in [2.75, 3.05) is 19.6 Å². The van der Waals surface area contributed by atoms with Gasteiger partial charge in [-0.25, -0.2) is 0 Å². The second-order valence-corrected chi connectivity index (χ2v) is 5.85. The van der Waals surface area contributed by atoms with Gasteiger partial charge in [-0.05, 0) is 38.8 Å². The zero-order valence-electron chi connectivity index (χ0n) is 12.8. The molecule has 1 fully saturated rings. The molecule has 1 amide bonds. The smallest absolute Gasteiger partial charge is 0.289 e. The molecule has 3 rings (SSSR count). The first kappa shape index (κ1) is 14.8. The van der Waals surface area contributed by atoms with Crippen molar-refractivity contribution in [3.05, 3.63) is 41.7 Å². The van der Waals surface area contributed by atoms with E-state index in [0.717, 1.165) is 25.1 Å². The van der Waals surface area contributed by atoms with E-state index in [-0.39, 0.29) is 11.7 Å². The van der Waals surface area contributed by atoms with Crippen LogP contribution in [0.3, 0.4) is 0 Å². The SMILES string of the molecule is Cc1ccc(-c2cc(C(=O)NCCC3CCNC3)on2)cc1. The Bertz CT molecular complexity index is 628. The van der Waals surface area contributed by atoms with Gasteiger partial charge in [0, 0.05) is 18.2 Å². The lowest BCUT2D eigenvalue weighted by Gasteiger charge is -2.07. The Kier molecular flexibility index (Phi) is 4.53. The lowest BCUT2D eigenvalue weighted by atomic mass is 10.1. The van der Waals surface area contributed by atoms with Crippen LogP contribution in [-0.2, 0) is 0 Å². The molecule has 5 nitrogen and oxygen atoms in total. The molecule has 0 radical (unpaired) electrons. The summed E-state index contributed by atoms with van der Waals surface area (Å²) < 4.78 is 5.16. The second kappa shape index (κ2) is 6.75. The van der Waals surface area contributed by atoms with Crippen molar-refractivity contribution < 1.29 is 9.32 Å². The van der Waals surface area contributed by atoms with Crippen LogP contribution in [0.5, 0.6) is 0 Å². The highest BCUT2D eigenvalue weighted by Gasteiger charge is 2.16. The van der Waals surface area contributed by atoms with E-state index >= 15 is 0 Å². The van der Waals surface area contributed by atoms with Crippen molar-refractivity contribution in [2.45, 2.75) is 19.8 Å². The average Bonchev–Trinajstić information content (AvgIpc) is 3.19. The molecule has 1 aliphatic heterocycles. The van der Waals surface area contributed by atoms with Crippen molar-refractivity contribution in [3.63, 3.8) is 0 Å². The van der Waals surface area contributed by atoms with Gasteiger partial charge in [0.2, 0.25) is 5.76 Å². The number of aryl methyl sites for hydroxylation is 1. The van der Waals surface area contributed by atoms with Crippen LogP contribution in [0.2, 0.25) is 0 Å². The first-order valence-electron chi connectivity index (χ1n) is 7.75. The second-order valence-electron chi connectivity index (χ2n) is 5.85. The van der Waals surface area contributed by atoms with E-state index in [1.807, 2.05) is 31.2 Å². The van der Waals surface area contributed by atoms with Crippen LogP contribution >= 0.6 is 0 Å². The van der Waals surface area contributed by atoms with Gasteiger partial charge in [0.25, 0.3) is 5.91 Å². The Morgan fingerprint density at radius 3 is 2.95 bits per heavy atom. The summed E-state index contributed by atoms with van der Waals surface area (Å²) in [7, 11) is 0. The summed E-state index contributed by atoms with van der Waals surface area (Å²) >= 11 is 0. The third-order valence-corrected chi connectivity index (χ3v) is 4.08. The highest BCUT2D eigenvalue weighted by molar-refractivity contribution is 5.92. The number of hydrogen-bond donors (Lipinski definition) is 2. The van der Waals surface area contributed by atoms with Crippen molar-refractivity contribution in [2.24, 2.45) is 5.92 Å². The fourth-order valence-corrected chi connectivity index (χ4v) is 2.68. The summed E-state index contributed by atoms with van der Waals surface area (Å²) in [5.41, 5.74) is 2.82. The van der Waals surface area contributed by atoms with Gasteiger partial charge in [0.05, 0.1) is 0 Å². The van der Waals surface area contributed by atoms with Gasteiger partial charge in [-0.1, -0.05) is 35.0 Å². The Hall–Kier alpha value is -2.14. The molecule has 22 heavy (non-hydrogen) atoms. The summed E-state index contributed by atoms with van der Waals surface area (Å²) in [6.07, 6.45) is 2.19. The Labute approximate surface area is 130 Å². The van der Waals surface area contributed by atoms with Gasteiger partial charge in [0.15, 0.2) is 0 Å². The van der Waals surface area contributed by atoms with Crippen LogP contribution < -0.4 is 10.6 Å². The van der Waals surface area contributed by atoms with Crippen LogP contribution in [0, 0.1) is 12.8 Å². The standard InChI is InChI=1S/C17H21N3O2/c1-12-2-4-14(5-3-12)15-10-16(22-20-15)17(21)19-9-7-13-6-8-18-11-13/h2-5,10,13,18H,6-9,11H2,1H3,(H,19,21). The number of nitrogens with zero attached hydrogens (tertiary/aromatic N) is 1. The molecule has 1 aliphatic rings. The molecule has 0 bridgehead atoms. The highest BCUT2D eigenvalue weighted by Crippen LogP contribution is 2.19. The fourth-order valence-electron chi connectivity index (χ4n) is 2.68. The molecule has 0 saturated carbocycles. The maximum Gasteiger partial charge on any atom is 0.289 e. The molecular formula is C17H21N3O2. The van der Waals surface area contributed by atoms with E-state index in [0.29, 0.717) is 18.2 Å². The van der Waals surface area contributed by atoms with Gasteiger partial charge < -0.3 is 15.2 Å². The van der Waals surface area contributed by atoms with Crippen LogP contribution in [0.25, 0.3) is 11.3 Å². The summed E-state index contributed by atoms with van der Waals surface area (Å²) in [6.45, 7) is 4.84. The molecule has 1 atom stereocenters. The van der Waals surface area contributed by atoms with Gasteiger partial charge >= 0.3 is 0 Å². The largest absolute Gasteiger partial charge is 0.350 e. The number of benzene rings is 1. The average molecular weight is 299 g/mol. The third kappa shape index (κ3) is 3.54. The van der Waals surface area contributed by atoms with Crippen LogP contribution in [0.1, 0.15) is 29.0 Å². The third-order valence-electron chi connectivity index (χ3n) is 4.08. The van der Waals surface area contributed by atoms with E-state index in [1.165, 1.54) is 12.0 Å². The maximum absolute atomic E-state index is 12.1. The molecule has 2 heterocycles. The Morgan fingerprint density at radius 1 is 1.41 bits per heavy atom. The normalized spacial score (nSPS) is 17.6. The molecule has 0 spiro atoms. The number of aromatic nitrogens is 1. The molecule has 1 aromatic carbocycles. The van der Waals surface area contributed by atoms with E-state index in [4.69, 9.17) is 4.52 Å². The quantitative estimate of drug-likeness (QED) is 0.889. The van der Waals surface area contributed by atoms with Crippen LogP contribution in [0.15, 0.2) is 34.9 Å². The van der Waals surface area contributed by atoms with Crippen LogP contribution in [-0.4, -0.2) is 30.7 Å². The molecule has 0 aliphatic carbocycles. The zero-order chi connectivity index (χ0) is 15.4. The monoisotopic (exact) mass is 299 g/mol. The van der Waals surface area contributed by atoms with Crippen molar-refractivity contribution in [3.8, 4) is 11.3 Å². The first-order valence-corrected chi connectivity index (χ1v) is 7.75. The van der Waals surface area contributed by atoms with Crippen molar-refractivity contribution in [1.29, 1.82) is 0 Å². The minimum Gasteiger partial charge on any atom is -0.350 e. The molecule has 1 saturated heterocycles. The predicted molar refractivity (Wildman–Crippen MR) is 84.6 cm³/mol. The number of carbonyl (C=O) groups excluding carboxylic acids is 1. The Morgan fingerprint density at radius 2 is 2.23 bits per heavy atom. The summed E-state index contributed by atoms with van der Waals surface area (Å²) in [6, 6.07) is 9.67. The number of amides is 1. The number of hydrogen-bond acceptors (Lipinski definition) is 4. The minimum absolute atomic E-state index is 0.197. The lowest BCUT2D eigenvalue weighted by molar-refractivity contribution is 0.0915. The van der Waals surface area contributed by atoms with Crippen molar-refractivity contribution in [1.82, 2.24) is 15.8 Å².